The number of amides is 1. The number of carbonyl (C=O) groups is 1. The van der Waals surface area contributed by atoms with E-state index < -0.39 is 0 Å². The van der Waals surface area contributed by atoms with Crippen LogP contribution >= 0.6 is 0 Å². The Morgan fingerprint density at radius 1 is 1.36 bits per heavy atom. The number of anilines is 1. The Kier molecular flexibility index (Phi) is 4.45. The number of nitrogens with one attached hydrogen (secondary N) is 1. The van der Waals surface area contributed by atoms with Crippen molar-refractivity contribution in [2.45, 2.75) is 13.8 Å². The van der Waals surface area contributed by atoms with E-state index in [9.17, 15) is 4.79 Å². The van der Waals surface area contributed by atoms with E-state index in [-0.39, 0.29) is 11.8 Å². The molecule has 118 valence electrons. The first-order valence-electron chi connectivity index (χ1n) is 7.73. The fourth-order valence-electron chi connectivity index (χ4n) is 2.80. The molecule has 1 aliphatic rings. The third-order valence-corrected chi connectivity index (χ3v) is 4.01. The number of benzene rings is 1. The summed E-state index contributed by atoms with van der Waals surface area (Å²) in [7, 11) is 0. The summed E-state index contributed by atoms with van der Waals surface area (Å²) in [5.74, 6) is 0.788. The molecule has 1 aromatic carbocycles. The molecular formula is C17H22N2O3. The molecule has 1 aliphatic heterocycles. The van der Waals surface area contributed by atoms with Crippen LogP contribution < -0.4 is 5.32 Å². The summed E-state index contributed by atoms with van der Waals surface area (Å²) in [6.45, 7) is 7.90. The van der Waals surface area contributed by atoms with Crippen molar-refractivity contribution in [3.8, 4) is 0 Å². The number of aryl methyl sites for hydroxylation is 1. The molecule has 1 unspecified atom stereocenters. The number of para-hydroxylation sites is 1. The summed E-state index contributed by atoms with van der Waals surface area (Å²) in [6, 6.07) is 7.77. The van der Waals surface area contributed by atoms with Crippen LogP contribution in [0, 0.1) is 12.8 Å². The van der Waals surface area contributed by atoms with Gasteiger partial charge < -0.3 is 14.5 Å². The van der Waals surface area contributed by atoms with E-state index in [0.29, 0.717) is 0 Å². The first-order chi connectivity index (χ1) is 10.6. The number of rotatable bonds is 4. The average molecular weight is 302 g/mol. The summed E-state index contributed by atoms with van der Waals surface area (Å²) in [6.07, 6.45) is 0. The van der Waals surface area contributed by atoms with Gasteiger partial charge in [-0.1, -0.05) is 19.1 Å². The smallest absolute Gasteiger partial charge is 0.228 e. The van der Waals surface area contributed by atoms with Crippen LogP contribution in [0.3, 0.4) is 0 Å². The zero-order valence-electron chi connectivity index (χ0n) is 13.1. The van der Waals surface area contributed by atoms with Crippen LogP contribution in [0.1, 0.15) is 12.7 Å². The summed E-state index contributed by atoms with van der Waals surface area (Å²) >= 11 is 0. The lowest BCUT2D eigenvalue weighted by atomic mass is 10.1. The second-order valence-electron chi connectivity index (χ2n) is 5.88. The van der Waals surface area contributed by atoms with Gasteiger partial charge in [-0.05, 0) is 19.1 Å². The summed E-state index contributed by atoms with van der Waals surface area (Å²) in [5, 5.41) is 4.01. The maximum atomic E-state index is 12.4. The zero-order chi connectivity index (χ0) is 15.5. The van der Waals surface area contributed by atoms with E-state index >= 15 is 0 Å². The van der Waals surface area contributed by atoms with Crippen LogP contribution in [-0.2, 0) is 9.53 Å². The number of carbonyl (C=O) groups excluding carboxylic acids is 1. The van der Waals surface area contributed by atoms with E-state index in [1.54, 1.807) is 0 Å². The number of hydrogen-bond acceptors (Lipinski definition) is 4. The minimum atomic E-state index is -0.0792. The molecule has 1 N–H and O–H groups in total. The van der Waals surface area contributed by atoms with Gasteiger partial charge in [0.1, 0.15) is 5.76 Å². The van der Waals surface area contributed by atoms with Gasteiger partial charge in [-0.3, -0.25) is 9.69 Å². The number of ether oxygens (including phenoxy) is 1. The van der Waals surface area contributed by atoms with Gasteiger partial charge in [0.05, 0.1) is 18.9 Å². The first-order valence-corrected chi connectivity index (χ1v) is 7.73. The van der Waals surface area contributed by atoms with Crippen LogP contribution in [0.25, 0.3) is 11.0 Å². The minimum absolute atomic E-state index is 0.0213. The molecule has 0 spiro atoms. The molecule has 0 saturated carbocycles. The maximum Gasteiger partial charge on any atom is 0.228 e. The summed E-state index contributed by atoms with van der Waals surface area (Å²) in [5.41, 5.74) is 1.48. The predicted molar refractivity (Wildman–Crippen MR) is 86.0 cm³/mol. The van der Waals surface area contributed by atoms with E-state index in [0.717, 1.165) is 55.3 Å². The quantitative estimate of drug-likeness (QED) is 0.943. The number of hydrogen-bond donors (Lipinski definition) is 1. The number of nitrogens with zero attached hydrogens (tertiary/aromatic N) is 1. The highest BCUT2D eigenvalue weighted by Crippen LogP contribution is 2.26. The Morgan fingerprint density at radius 3 is 2.91 bits per heavy atom. The lowest BCUT2D eigenvalue weighted by Gasteiger charge is -2.28. The van der Waals surface area contributed by atoms with Crippen LogP contribution in [0.15, 0.2) is 28.7 Å². The Bertz CT molecular complexity index is 659. The van der Waals surface area contributed by atoms with E-state index in [2.05, 4.69) is 10.2 Å². The van der Waals surface area contributed by atoms with Gasteiger partial charge in [0.2, 0.25) is 5.91 Å². The van der Waals surface area contributed by atoms with E-state index in [1.807, 2.05) is 38.1 Å². The molecule has 0 aliphatic carbocycles. The lowest BCUT2D eigenvalue weighted by Crippen LogP contribution is -2.41. The molecular weight excluding hydrogens is 280 g/mol. The van der Waals surface area contributed by atoms with Crippen molar-refractivity contribution in [3.05, 3.63) is 30.0 Å². The van der Waals surface area contributed by atoms with Crippen molar-refractivity contribution in [1.29, 1.82) is 0 Å². The van der Waals surface area contributed by atoms with Crippen molar-refractivity contribution in [3.63, 3.8) is 0 Å². The monoisotopic (exact) mass is 302 g/mol. The van der Waals surface area contributed by atoms with E-state index in [4.69, 9.17) is 9.15 Å². The third-order valence-electron chi connectivity index (χ3n) is 4.01. The van der Waals surface area contributed by atoms with Crippen LogP contribution in [0.4, 0.5) is 5.69 Å². The summed E-state index contributed by atoms with van der Waals surface area (Å²) < 4.78 is 11.0. The van der Waals surface area contributed by atoms with Crippen molar-refractivity contribution < 1.29 is 13.9 Å². The maximum absolute atomic E-state index is 12.4. The Labute approximate surface area is 130 Å². The molecule has 22 heavy (non-hydrogen) atoms. The standard InChI is InChI=1S/C17H22N2O3/c1-12(11-19-6-8-21-9-7-19)17(20)18-15-5-3-4-14-10-13(2)22-16(14)15/h3-5,10,12H,6-9,11H2,1-2H3,(H,18,20). The largest absolute Gasteiger partial charge is 0.459 e. The van der Waals surface area contributed by atoms with Crippen molar-refractivity contribution in [2.75, 3.05) is 38.2 Å². The van der Waals surface area contributed by atoms with E-state index in [1.165, 1.54) is 0 Å². The van der Waals surface area contributed by atoms with Gasteiger partial charge in [0.15, 0.2) is 5.58 Å². The zero-order valence-corrected chi connectivity index (χ0v) is 13.1. The molecule has 5 nitrogen and oxygen atoms in total. The normalized spacial score (nSPS) is 17.5. The SMILES string of the molecule is Cc1cc2cccc(NC(=O)C(C)CN3CCOCC3)c2o1. The highest BCUT2D eigenvalue weighted by atomic mass is 16.5. The molecule has 5 heteroatoms. The van der Waals surface area contributed by atoms with Gasteiger partial charge >= 0.3 is 0 Å². The summed E-state index contributed by atoms with van der Waals surface area (Å²) in [4.78, 5) is 14.7. The number of furan rings is 1. The highest BCUT2D eigenvalue weighted by Gasteiger charge is 2.20. The molecule has 1 fully saturated rings. The molecule has 3 rings (SSSR count). The lowest BCUT2D eigenvalue weighted by molar-refractivity contribution is -0.120. The van der Waals surface area contributed by atoms with Gasteiger partial charge in [0.25, 0.3) is 0 Å². The highest BCUT2D eigenvalue weighted by molar-refractivity contribution is 6.00. The first kappa shape index (κ1) is 15.1. The second kappa shape index (κ2) is 6.50. The molecule has 0 radical (unpaired) electrons. The fraction of sp³-hybridized carbons (Fsp3) is 0.471. The molecule has 2 heterocycles. The topological polar surface area (TPSA) is 54.7 Å². The Morgan fingerprint density at radius 2 is 2.14 bits per heavy atom. The molecule has 1 saturated heterocycles. The van der Waals surface area contributed by atoms with Gasteiger partial charge in [-0.2, -0.15) is 0 Å². The second-order valence-corrected chi connectivity index (χ2v) is 5.88. The van der Waals surface area contributed by atoms with Crippen molar-refractivity contribution in [1.82, 2.24) is 4.90 Å². The molecule has 2 aromatic rings. The molecule has 0 bridgehead atoms. The molecule has 1 atom stereocenters. The van der Waals surface area contributed by atoms with Gasteiger partial charge in [0, 0.05) is 30.9 Å². The molecule has 1 amide bonds. The average Bonchev–Trinajstić information content (AvgIpc) is 2.89. The Hall–Kier alpha value is -1.85. The van der Waals surface area contributed by atoms with Gasteiger partial charge in [-0.25, -0.2) is 0 Å². The van der Waals surface area contributed by atoms with Gasteiger partial charge in [-0.15, -0.1) is 0 Å². The van der Waals surface area contributed by atoms with Crippen molar-refractivity contribution in [2.24, 2.45) is 5.92 Å². The van der Waals surface area contributed by atoms with Crippen LogP contribution in [0.2, 0.25) is 0 Å². The van der Waals surface area contributed by atoms with Crippen LogP contribution in [0.5, 0.6) is 0 Å². The predicted octanol–water partition coefficient (Wildman–Crippen LogP) is 2.65. The van der Waals surface area contributed by atoms with Crippen molar-refractivity contribution >= 4 is 22.6 Å². The number of morpholine rings is 1. The Balaban J connectivity index is 1.67. The number of fused-ring (bicyclic) bond motifs is 1. The minimum Gasteiger partial charge on any atom is -0.459 e. The van der Waals surface area contributed by atoms with Crippen LogP contribution in [-0.4, -0.2) is 43.7 Å². The molecule has 1 aromatic heterocycles. The third kappa shape index (κ3) is 3.31. The fourth-order valence-corrected chi connectivity index (χ4v) is 2.80.